The van der Waals surface area contributed by atoms with Gasteiger partial charge in [-0.05, 0) is 67.0 Å². The van der Waals surface area contributed by atoms with E-state index in [-0.39, 0.29) is 0 Å². The zero-order valence-electron chi connectivity index (χ0n) is 12.4. The summed E-state index contributed by atoms with van der Waals surface area (Å²) in [4.78, 5) is 3.71. The number of hydrogen-bond donors (Lipinski definition) is 1. The molecule has 1 atom stereocenters. The molecule has 0 radical (unpaired) electrons. The van der Waals surface area contributed by atoms with Crippen LogP contribution in [0.1, 0.15) is 34.9 Å². The van der Waals surface area contributed by atoms with E-state index in [1.807, 2.05) is 11.3 Å². The Hall–Kier alpha value is -1.48. The SMILES string of the molecule is Cc1cc(N(C)C)ccc1NC1CCCc2sccc21. The lowest BCUT2D eigenvalue weighted by atomic mass is 9.93. The maximum Gasteiger partial charge on any atom is 0.0525 e. The summed E-state index contributed by atoms with van der Waals surface area (Å²) in [6.07, 6.45) is 3.78. The van der Waals surface area contributed by atoms with E-state index in [2.05, 4.69) is 60.9 Å². The first-order valence-corrected chi connectivity index (χ1v) is 8.14. The van der Waals surface area contributed by atoms with Crippen LogP contribution in [0.5, 0.6) is 0 Å². The molecule has 1 N–H and O–H groups in total. The van der Waals surface area contributed by atoms with Crippen molar-refractivity contribution in [3.05, 3.63) is 45.6 Å². The molecule has 0 saturated carbocycles. The molecule has 1 unspecified atom stereocenters. The molecule has 1 aromatic carbocycles. The molecular formula is C17H22N2S. The van der Waals surface area contributed by atoms with Crippen molar-refractivity contribution >= 4 is 22.7 Å². The Morgan fingerprint density at radius 1 is 1.25 bits per heavy atom. The fourth-order valence-electron chi connectivity index (χ4n) is 2.91. The number of nitrogens with zero attached hydrogens (tertiary/aromatic N) is 1. The lowest BCUT2D eigenvalue weighted by Gasteiger charge is -2.26. The van der Waals surface area contributed by atoms with Gasteiger partial charge < -0.3 is 10.2 Å². The van der Waals surface area contributed by atoms with Gasteiger partial charge in [-0.1, -0.05) is 0 Å². The number of nitrogens with one attached hydrogen (secondary N) is 1. The highest BCUT2D eigenvalue weighted by Gasteiger charge is 2.21. The van der Waals surface area contributed by atoms with Gasteiger partial charge in [-0.25, -0.2) is 0 Å². The third kappa shape index (κ3) is 2.55. The maximum absolute atomic E-state index is 3.75. The molecule has 0 fully saturated rings. The molecule has 20 heavy (non-hydrogen) atoms. The average Bonchev–Trinajstić information content (AvgIpc) is 2.90. The number of hydrogen-bond acceptors (Lipinski definition) is 3. The molecule has 0 spiro atoms. The Bertz CT molecular complexity index is 601. The van der Waals surface area contributed by atoms with Gasteiger partial charge in [-0.15, -0.1) is 11.3 Å². The predicted molar refractivity (Wildman–Crippen MR) is 89.1 cm³/mol. The first-order chi connectivity index (χ1) is 9.65. The minimum absolute atomic E-state index is 0.480. The van der Waals surface area contributed by atoms with Crippen LogP contribution in [0, 0.1) is 6.92 Å². The van der Waals surface area contributed by atoms with E-state index in [1.165, 1.54) is 41.8 Å². The normalized spacial score (nSPS) is 17.6. The second-order valence-electron chi connectivity index (χ2n) is 5.78. The van der Waals surface area contributed by atoms with E-state index in [0.717, 1.165) is 0 Å². The van der Waals surface area contributed by atoms with Gasteiger partial charge in [0.15, 0.2) is 0 Å². The Morgan fingerprint density at radius 3 is 2.85 bits per heavy atom. The molecule has 2 nitrogen and oxygen atoms in total. The molecule has 1 aliphatic rings. The van der Waals surface area contributed by atoms with Crippen LogP contribution in [0.4, 0.5) is 11.4 Å². The van der Waals surface area contributed by atoms with Crippen LogP contribution >= 0.6 is 11.3 Å². The number of anilines is 2. The van der Waals surface area contributed by atoms with Crippen molar-refractivity contribution in [3.8, 4) is 0 Å². The Morgan fingerprint density at radius 2 is 2.10 bits per heavy atom. The number of rotatable bonds is 3. The Labute approximate surface area is 125 Å². The summed E-state index contributed by atoms with van der Waals surface area (Å²) in [6.45, 7) is 2.19. The lowest BCUT2D eigenvalue weighted by molar-refractivity contribution is 0.608. The van der Waals surface area contributed by atoms with Crippen molar-refractivity contribution in [2.24, 2.45) is 0 Å². The topological polar surface area (TPSA) is 15.3 Å². The van der Waals surface area contributed by atoms with E-state index >= 15 is 0 Å². The van der Waals surface area contributed by atoms with E-state index in [1.54, 1.807) is 4.88 Å². The minimum Gasteiger partial charge on any atom is -0.378 e. The van der Waals surface area contributed by atoms with Gasteiger partial charge in [0.2, 0.25) is 0 Å². The summed E-state index contributed by atoms with van der Waals surface area (Å²) < 4.78 is 0. The zero-order valence-corrected chi connectivity index (χ0v) is 13.3. The monoisotopic (exact) mass is 286 g/mol. The molecule has 1 aromatic heterocycles. The highest BCUT2D eigenvalue weighted by atomic mass is 32.1. The van der Waals surface area contributed by atoms with Gasteiger partial charge in [0.05, 0.1) is 6.04 Å². The smallest absolute Gasteiger partial charge is 0.0525 e. The fraction of sp³-hybridized carbons (Fsp3) is 0.412. The van der Waals surface area contributed by atoms with Crippen LogP contribution in [0.25, 0.3) is 0 Å². The average molecular weight is 286 g/mol. The standard InChI is InChI=1S/C17H22N2S/c1-12-11-13(19(2)3)7-8-15(12)18-16-5-4-6-17-14(16)9-10-20-17/h7-11,16,18H,4-6H2,1-3H3. The first-order valence-electron chi connectivity index (χ1n) is 7.26. The maximum atomic E-state index is 3.75. The second kappa shape index (κ2) is 5.49. The van der Waals surface area contributed by atoms with E-state index in [9.17, 15) is 0 Å². The van der Waals surface area contributed by atoms with Crippen molar-refractivity contribution in [3.63, 3.8) is 0 Å². The minimum atomic E-state index is 0.480. The summed E-state index contributed by atoms with van der Waals surface area (Å²) in [5.74, 6) is 0. The van der Waals surface area contributed by atoms with Crippen LogP contribution in [-0.2, 0) is 6.42 Å². The number of aryl methyl sites for hydroxylation is 2. The molecule has 0 amide bonds. The van der Waals surface area contributed by atoms with Crippen molar-refractivity contribution in [2.75, 3.05) is 24.3 Å². The van der Waals surface area contributed by atoms with Crippen molar-refractivity contribution in [2.45, 2.75) is 32.2 Å². The third-order valence-corrected chi connectivity index (χ3v) is 5.10. The fourth-order valence-corrected chi connectivity index (χ4v) is 3.90. The molecule has 0 bridgehead atoms. The van der Waals surface area contributed by atoms with Gasteiger partial charge >= 0.3 is 0 Å². The molecule has 1 heterocycles. The second-order valence-corrected chi connectivity index (χ2v) is 6.78. The van der Waals surface area contributed by atoms with E-state index in [4.69, 9.17) is 0 Å². The van der Waals surface area contributed by atoms with Crippen LogP contribution in [0.15, 0.2) is 29.6 Å². The number of thiophene rings is 1. The van der Waals surface area contributed by atoms with Crippen LogP contribution in [-0.4, -0.2) is 14.1 Å². The van der Waals surface area contributed by atoms with Gasteiger partial charge in [0, 0.05) is 30.3 Å². The Balaban J connectivity index is 1.83. The molecule has 2 aromatic rings. The van der Waals surface area contributed by atoms with Crippen LogP contribution < -0.4 is 10.2 Å². The van der Waals surface area contributed by atoms with Crippen molar-refractivity contribution < 1.29 is 0 Å². The lowest BCUT2D eigenvalue weighted by Crippen LogP contribution is -2.16. The van der Waals surface area contributed by atoms with E-state index in [0.29, 0.717) is 6.04 Å². The number of fused-ring (bicyclic) bond motifs is 1. The van der Waals surface area contributed by atoms with E-state index < -0.39 is 0 Å². The molecule has 3 heteroatoms. The highest BCUT2D eigenvalue weighted by molar-refractivity contribution is 7.10. The van der Waals surface area contributed by atoms with Crippen molar-refractivity contribution in [1.29, 1.82) is 0 Å². The van der Waals surface area contributed by atoms with Crippen LogP contribution in [0.3, 0.4) is 0 Å². The largest absolute Gasteiger partial charge is 0.378 e. The quantitative estimate of drug-likeness (QED) is 0.886. The molecule has 3 rings (SSSR count). The summed E-state index contributed by atoms with van der Waals surface area (Å²) in [5, 5.41) is 5.97. The van der Waals surface area contributed by atoms with Gasteiger partial charge in [-0.2, -0.15) is 0 Å². The summed E-state index contributed by atoms with van der Waals surface area (Å²) in [5.41, 5.74) is 5.35. The molecule has 0 aliphatic heterocycles. The number of benzene rings is 1. The van der Waals surface area contributed by atoms with Crippen LogP contribution in [0.2, 0.25) is 0 Å². The van der Waals surface area contributed by atoms with Gasteiger partial charge in [0.1, 0.15) is 0 Å². The first kappa shape index (κ1) is 13.5. The van der Waals surface area contributed by atoms with Gasteiger partial charge in [-0.3, -0.25) is 0 Å². The molecule has 0 saturated heterocycles. The third-order valence-electron chi connectivity index (χ3n) is 4.11. The molecule has 106 valence electrons. The summed E-state index contributed by atoms with van der Waals surface area (Å²) >= 11 is 1.90. The van der Waals surface area contributed by atoms with Gasteiger partial charge in [0.25, 0.3) is 0 Å². The summed E-state index contributed by atoms with van der Waals surface area (Å²) in [7, 11) is 4.17. The highest BCUT2D eigenvalue weighted by Crippen LogP contribution is 2.36. The zero-order chi connectivity index (χ0) is 14.1. The molecular weight excluding hydrogens is 264 g/mol. The van der Waals surface area contributed by atoms with Crippen molar-refractivity contribution in [1.82, 2.24) is 0 Å². The summed E-state index contributed by atoms with van der Waals surface area (Å²) in [6, 6.07) is 9.42. The molecule has 1 aliphatic carbocycles. The Kier molecular flexibility index (Phi) is 3.70. The predicted octanol–water partition coefficient (Wildman–Crippen LogP) is 4.61.